The number of aromatic amines is 1. The summed E-state index contributed by atoms with van der Waals surface area (Å²) >= 11 is 0. The third-order valence-electron chi connectivity index (χ3n) is 6.59. The lowest BCUT2D eigenvalue weighted by Gasteiger charge is -2.38. The maximum Gasteiger partial charge on any atom is 0.270 e. The molecule has 2 fully saturated rings. The number of ether oxygens (including phenoxy) is 2. The normalized spacial score (nSPS) is 22.2. The van der Waals surface area contributed by atoms with Gasteiger partial charge in [-0.25, -0.2) is 0 Å². The fourth-order valence-corrected chi connectivity index (χ4v) is 5.02. The van der Waals surface area contributed by atoms with E-state index in [4.69, 9.17) is 9.47 Å². The standard InChI is InChI=1S/C24H34N4O4/c1-16-9-17(2)14-28(13-16)22(29)15-26-5-7-27(8-6-26)24(30)20-11-18-10-19(31-3)12-21(32-4)23(18)25-20/h10-12,16-17,25H,5-9,13-15H2,1-4H3/t16-,17+. The molecular weight excluding hydrogens is 408 g/mol. The van der Waals surface area contributed by atoms with Gasteiger partial charge in [-0.2, -0.15) is 0 Å². The number of likely N-dealkylation sites (tertiary alicyclic amines) is 1. The van der Waals surface area contributed by atoms with Crippen molar-refractivity contribution in [2.45, 2.75) is 20.3 Å². The summed E-state index contributed by atoms with van der Waals surface area (Å²) in [5.74, 6) is 2.62. The summed E-state index contributed by atoms with van der Waals surface area (Å²) in [5, 5.41) is 0.874. The Morgan fingerprint density at radius 3 is 2.28 bits per heavy atom. The van der Waals surface area contributed by atoms with Gasteiger partial charge >= 0.3 is 0 Å². The van der Waals surface area contributed by atoms with E-state index in [0.717, 1.165) is 24.0 Å². The number of fused-ring (bicyclic) bond motifs is 1. The summed E-state index contributed by atoms with van der Waals surface area (Å²) in [6.07, 6.45) is 1.19. The van der Waals surface area contributed by atoms with Crippen molar-refractivity contribution < 1.29 is 19.1 Å². The monoisotopic (exact) mass is 442 g/mol. The van der Waals surface area contributed by atoms with Crippen LogP contribution in [0.4, 0.5) is 0 Å². The average Bonchev–Trinajstić information content (AvgIpc) is 3.22. The van der Waals surface area contributed by atoms with Crippen LogP contribution in [0.25, 0.3) is 10.9 Å². The number of aromatic nitrogens is 1. The Morgan fingerprint density at radius 1 is 0.969 bits per heavy atom. The Labute approximate surface area is 189 Å². The third kappa shape index (κ3) is 4.70. The van der Waals surface area contributed by atoms with Gasteiger partial charge in [0.05, 0.1) is 26.3 Å². The molecule has 1 aromatic heterocycles. The lowest BCUT2D eigenvalue weighted by atomic mass is 9.92. The Morgan fingerprint density at radius 2 is 1.66 bits per heavy atom. The van der Waals surface area contributed by atoms with Crippen LogP contribution in [0.15, 0.2) is 18.2 Å². The zero-order valence-corrected chi connectivity index (χ0v) is 19.5. The fraction of sp³-hybridized carbons (Fsp3) is 0.583. The molecule has 0 bridgehead atoms. The van der Waals surface area contributed by atoms with Gasteiger partial charge in [0.25, 0.3) is 5.91 Å². The molecule has 8 nitrogen and oxygen atoms in total. The Bertz CT molecular complexity index is 970. The second-order valence-electron chi connectivity index (χ2n) is 9.29. The first-order valence-corrected chi connectivity index (χ1v) is 11.4. The van der Waals surface area contributed by atoms with Crippen molar-refractivity contribution in [2.75, 3.05) is 60.0 Å². The van der Waals surface area contributed by atoms with Crippen LogP contribution in [-0.4, -0.2) is 91.5 Å². The number of amides is 2. The highest BCUT2D eigenvalue weighted by molar-refractivity contribution is 6.00. The van der Waals surface area contributed by atoms with Crippen molar-refractivity contribution in [3.05, 3.63) is 23.9 Å². The van der Waals surface area contributed by atoms with Crippen LogP contribution in [-0.2, 0) is 4.79 Å². The van der Waals surface area contributed by atoms with Gasteiger partial charge in [-0.15, -0.1) is 0 Å². The van der Waals surface area contributed by atoms with E-state index in [1.54, 1.807) is 20.3 Å². The molecule has 1 N–H and O–H groups in total. The largest absolute Gasteiger partial charge is 0.497 e. The van der Waals surface area contributed by atoms with Gasteiger partial charge in [0.2, 0.25) is 5.91 Å². The summed E-state index contributed by atoms with van der Waals surface area (Å²) in [5.41, 5.74) is 1.32. The van der Waals surface area contributed by atoms with E-state index >= 15 is 0 Å². The SMILES string of the molecule is COc1cc(OC)c2[nH]c(C(=O)N3CCN(CC(=O)N4C[C@H](C)C[C@H](C)C4)CC3)cc2c1. The van der Waals surface area contributed by atoms with E-state index in [-0.39, 0.29) is 11.8 Å². The van der Waals surface area contributed by atoms with Crippen LogP contribution in [0.3, 0.4) is 0 Å². The number of nitrogens with zero attached hydrogens (tertiary/aromatic N) is 3. The highest BCUT2D eigenvalue weighted by Crippen LogP contribution is 2.31. The molecule has 0 spiro atoms. The van der Waals surface area contributed by atoms with Crippen molar-refractivity contribution in [3.8, 4) is 11.5 Å². The van der Waals surface area contributed by atoms with Crippen LogP contribution in [0.5, 0.6) is 11.5 Å². The van der Waals surface area contributed by atoms with Crippen LogP contribution in [0, 0.1) is 11.8 Å². The molecule has 2 saturated heterocycles. The molecule has 4 rings (SSSR count). The van der Waals surface area contributed by atoms with Crippen LogP contribution < -0.4 is 9.47 Å². The Kier molecular flexibility index (Phi) is 6.60. The van der Waals surface area contributed by atoms with E-state index in [0.29, 0.717) is 61.8 Å². The van der Waals surface area contributed by atoms with Gasteiger partial charge < -0.3 is 24.3 Å². The number of carbonyl (C=O) groups excluding carboxylic acids is 2. The molecule has 32 heavy (non-hydrogen) atoms. The lowest BCUT2D eigenvalue weighted by molar-refractivity contribution is -0.135. The molecule has 2 atom stereocenters. The highest BCUT2D eigenvalue weighted by atomic mass is 16.5. The minimum absolute atomic E-state index is 0.0353. The predicted octanol–water partition coefficient (Wildman–Crippen LogP) is 2.45. The number of piperidine rings is 1. The van der Waals surface area contributed by atoms with Crippen molar-refractivity contribution in [3.63, 3.8) is 0 Å². The van der Waals surface area contributed by atoms with Gasteiger partial charge in [-0.1, -0.05) is 13.8 Å². The molecule has 0 radical (unpaired) electrons. The maximum absolute atomic E-state index is 13.1. The molecule has 0 unspecified atom stereocenters. The number of carbonyl (C=O) groups is 2. The highest BCUT2D eigenvalue weighted by Gasteiger charge is 2.29. The summed E-state index contributed by atoms with van der Waals surface area (Å²) in [6.45, 7) is 9.20. The van der Waals surface area contributed by atoms with Crippen molar-refractivity contribution in [2.24, 2.45) is 11.8 Å². The lowest BCUT2D eigenvalue weighted by Crippen LogP contribution is -2.53. The first-order chi connectivity index (χ1) is 15.4. The van der Waals surface area contributed by atoms with Crippen molar-refractivity contribution in [1.29, 1.82) is 0 Å². The van der Waals surface area contributed by atoms with Gasteiger partial charge in [0.1, 0.15) is 17.2 Å². The molecule has 2 aromatic rings. The van der Waals surface area contributed by atoms with Gasteiger partial charge in [-0.3, -0.25) is 14.5 Å². The smallest absolute Gasteiger partial charge is 0.270 e. The molecule has 8 heteroatoms. The summed E-state index contributed by atoms with van der Waals surface area (Å²) in [7, 11) is 3.21. The van der Waals surface area contributed by atoms with Crippen LogP contribution in [0.1, 0.15) is 30.8 Å². The minimum Gasteiger partial charge on any atom is -0.497 e. The Balaban J connectivity index is 1.36. The van der Waals surface area contributed by atoms with Crippen molar-refractivity contribution in [1.82, 2.24) is 19.7 Å². The van der Waals surface area contributed by atoms with E-state index in [1.165, 1.54) is 6.42 Å². The number of rotatable bonds is 5. The van der Waals surface area contributed by atoms with E-state index in [1.807, 2.05) is 21.9 Å². The number of methoxy groups -OCH3 is 2. The van der Waals surface area contributed by atoms with E-state index in [9.17, 15) is 9.59 Å². The van der Waals surface area contributed by atoms with Gasteiger partial charge in [-0.05, 0) is 30.4 Å². The van der Waals surface area contributed by atoms with E-state index in [2.05, 4.69) is 23.7 Å². The van der Waals surface area contributed by atoms with Crippen LogP contribution >= 0.6 is 0 Å². The fourth-order valence-electron chi connectivity index (χ4n) is 5.02. The topological polar surface area (TPSA) is 78.1 Å². The minimum atomic E-state index is -0.0353. The molecule has 2 aliphatic rings. The van der Waals surface area contributed by atoms with Crippen molar-refractivity contribution >= 4 is 22.7 Å². The van der Waals surface area contributed by atoms with E-state index < -0.39 is 0 Å². The zero-order valence-electron chi connectivity index (χ0n) is 19.5. The van der Waals surface area contributed by atoms with Gasteiger partial charge in [0, 0.05) is 50.7 Å². The molecule has 1 aromatic carbocycles. The number of hydrogen-bond donors (Lipinski definition) is 1. The van der Waals surface area contributed by atoms with Crippen LogP contribution in [0.2, 0.25) is 0 Å². The molecule has 2 aliphatic heterocycles. The zero-order chi connectivity index (χ0) is 22.8. The molecule has 0 saturated carbocycles. The third-order valence-corrected chi connectivity index (χ3v) is 6.59. The molecule has 2 amide bonds. The number of H-pyrrole nitrogens is 1. The molecule has 174 valence electrons. The number of nitrogens with one attached hydrogen (secondary N) is 1. The first-order valence-electron chi connectivity index (χ1n) is 11.4. The van der Waals surface area contributed by atoms with Gasteiger partial charge in [0.15, 0.2) is 0 Å². The predicted molar refractivity (Wildman–Crippen MR) is 123 cm³/mol. The summed E-state index contributed by atoms with van der Waals surface area (Å²) in [4.78, 5) is 35.1. The second kappa shape index (κ2) is 9.40. The molecule has 3 heterocycles. The average molecular weight is 443 g/mol. The molecule has 0 aliphatic carbocycles. The summed E-state index contributed by atoms with van der Waals surface area (Å²) in [6, 6.07) is 5.53. The molecular formula is C24H34N4O4. The second-order valence-corrected chi connectivity index (χ2v) is 9.29. The maximum atomic E-state index is 13.1. The number of piperazine rings is 1. The number of hydrogen-bond acceptors (Lipinski definition) is 5. The first kappa shape index (κ1) is 22.5. The summed E-state index contributed by atoms with van der Waals surface area (Å²) < 4.78 is 10.8. The number of benzene rings is 1. The quantitative estimate of drug-likeness (QED) is 0.770. The Hall–Kier alpha value is -2.74.